The third-order valence-corrected chi connectivity index (χ3v) is 4.18. The first-order valence-electron chi connectivity index (χ1n) is 9.65. The average molecular weight is 428 g/mol. The first kappa shape index (κ1) is 22.1. The van der Waals surface area contributed by atoms with E-state index in [4.69, 9.17) is 19.7 Å². The Balaban J connectivity index is 0.000000181. The second-order valence-corrected chi connectivity index (χ2v) is 6.43. The summed E-state index contributed by atoms with van der Waals surface area (Å²) >= 11 is 0. The van der Waals surface area contributed by atoms with Crippen molar-refractivity contribution in [1.82, 2.24) is 0 Å². The minimum Gasteiger partial charge on any atom is -0.478 e. The molecule has 0 atom stereocenters. The zero-order chi connectivity index (χ0) is 22.8. The van der Waals surface area contributed by atoms with Crippen molar-refractivity contribution in [3.63, 3.8) is 0 Å². The van der Waals surface area contributed by atoms with Crippen molar-refractivity contribution < 1.29 is 29.3 Å². The van der Waals surface area contributed by atoms with Gasteiger partial charge in [-0.15, -0.1) is 0 Å². The number of carbonyl (C=O) groups is 2. The first-order chi connectivity index (χ1) is 15.5. The summed E-state index contributed by atoms with van der Waals surface area (Å²) in [5.41, 5.74) is 0.317. The fourth-order valence-electron chi connectivity index (χ4n) is 2.70. The third-order valence-electron chi connectivity index (χ3n) is 4.18. The van der Waals surface area contributed by atoms with Gasteiger partial charge in [-0.3, -0.25) is 0 Å². The van der Waals surface area contributed by atoms with Crippen LogP contribution in [0.5, 0.6) is 23.0 Å². The van der Waals surface area contributed by atoms with E-state index < -0.39 is 11.9 Å². The van der Waals surface area contributed by atoms with Gasteiger partial charge in [0.25, 0.3) is 0 Å². The summed E-state index contributed by atoms with van der Waals surface area (Å²) in [6, 6.07) is 31.3. The third kappa shape index (κ3) is 6.21. The van der Waals surface area contributed by atoms with Crippen LogP contribution in [-0.4, -0.2) is 22.2 Å². The topological polar surface area (TPSA) is 93.1 Å². The summed E-state index contributed by atoms with van der Waals surface area (Å²) in [4.78, 5) is 21.9. The molecule has 0 spiro atoms. The van der Waals surface area contributed by atoms with Crippen LogP contribution < -0.4 is 9.47 Å². The Bertz CT molecular complexity index is 1080. The van der Waals surface area contributed by atoms with Gasteiger partial charge in [0.1, 0.15) is 34.1 Å². The van der Waals surface area contributed by atoms with Crippen molar-refractivity contribution >= 4 is 11.9 Å². The Morgan fingerprint density at radius 1 is 0.469 bits per heavy atom. The molecule has 4 aromatic carbocycles. The quantitative estimate of drug-likeness (QED) is 0.371. The van der Waals surface area contributed by atoms with Gasteiger partial charge in [0.2, 0.25) is 0 Å². The van der Waals surface area contributed by atoms with Crippen LogP contribution in [0.15, 0.2) is 109 Å². The lowest BCUT2D eigenvalue weighted by atomic mass is 10.2. The molecule has 0 aliphatic carbocycles. The fraction of sp³-hybridized carbons (Fsp3) is 0. The first-order valence-corrected chi connectivity index (χ1v) is 9.65. The molecule has 0 unspecified atom stereocenters. The molecule has 0 fully saturated rings. The molecule has 6 nitrogen and oxygen atoms in total. The molecule has 0 heterocycles. The van der Waals surface area contributed by atoms with Crippen LogP contribution in [-0.2, 0) is 0 Å². The molecular formula is C26H20O6. The van der Waals surface area contributed by atoms with E-state index in [2.05, 4.69) is 0 Å². The van der Waals surface area contributed by atoms with Gasteiger partial charge in [0.15, 0.2) is 0 Å². The van der Waals surface area contributed by atoms with Gasteiger partial charge in [-0.2, -0.15) is 0 Å². The molecule has 6 heteroatoms. The number of benzene rings is 4. The van der Waals surface area contributed by atoms with Gasteiger partial charge < -0.3 is 19.7 Å². The fourth-order valence-corrected chi connectivity index (χ4v) is 2.70. The van der Waals surface area contributed by atoms with E-state index in [1.807, 2.05) is 36.4 Å². The second-order valence-electron chi connectivity index (χ2n) is 6.43. The van der Waals surface area contributed by atoms with Crippen molar-refractivity contribution in [2.24, 2.45) is 0 Å². The summed E-state index contributed by atoms with van der Waals surface area (Å²) in [5.74, 6) is -0.0483. The van der Waals surface area contributed by atoms with E-state index in [1.165, 1.54) is 12.1 Å². The molecule has 0 saturated heterocycles. The summed E-state index contributed by atoms with van der Waals surface area (Å²) < 4.78 is 11.0. The van der Waals surface area contributed by atoms with Gasteiger partial charge in [0.05, 0.1) is 0 Å². The number of hydrogen-bond acceptors (Lipinski definition) is 4. The highest BCUT2D eigenvalue weighted by Crippen LogP contribution is 2.25. The molecule has 0 radical (unpaired) electrons. The van der Waals surface area contributed by atoms with Crippen LogP contribution in [0.2, 0.25) is 0 Å². The van der Waals surface area contributed by atoms with Crippen LogP contribution in [0.1, 0.15) is 20.7 Å². The van der Waals surface area contributed by atoms with Gasteiger partial charge in [-0.25, -0.2) is 9.59 Å². The predicted molar refractivity (Wildman–Crippen MR) is 120 cm³/mol. The van der Waals surface area contributed by atoms with Gasteiger partial charge in [-0.1, -0.05) is 60.7 Å². The van der Waals surface area contributed by atoms with E-state index in [0.29, 0.717) is 23.0 Å². The smallest absolute Gasteiger partial charge is 0.339 e. The van der Waals surface area contributed by atoms with Gasteiger partial charge >= 0.3 is 11.9 Å². The molecule has 0 amide bonds. The van der Waals surface area contributed by atoms with Crippen molar-refractivity contribution in [3.05, 3.63) is 120 Å². The van der Waals surface area contributed by atoms with Crippen molar-refractivity contribution in [1.29, 1.82) is 0 Å². The highest BCUT2D eigenvalue weighted by Gasteiger charge is 2.11. The molecular weight excluding hydrogens is 408 g/mol. The van der Waals surface area contributed by atoms with Gasteiger partial charge in [-0.05, 0) is 48.5 Å². The van der Waals surface area contributed by atoms with Crippen LogP contribution in [0.25, 0.3) is 0 Å². The van der Waals surface area contributed by atoms with Crippen LogP contribution in [0.3, 0.4) is 0 Å². The summed E-state index contributed by atoms with van der Waals surface area (Å²) in [7, 11) is 0. The Kier molecular flexibility index (Phi) is 7.59. The number of hydrogen-bond donors (Lipinski definition) is 2. The molecule has 0 aromatic heterocycles. The number of ether oxygens (including phenoxy) is 2. The molecule has 0 saturated carbocycles. The van der Waals surface area contributed by atoms with E-state index in [1.54, 1.807) is 60.7 Å². The summed E-state index contributed by atoms with van der Waals surface area (Å²) in [6.45, 7) is 0. The van der Waals surface area contributed by atoms with E-state index in [0.717, 1.165) is 0 Å². The minimum atomic E-state index is -0.994. The SMILES string of the molecule is O=C(O)c1ccccc1Oc1ccccc1.O=C(O)c1ccccc1Oc1ccccc1. The molecule has 32 heavy (non-hydrogen) atoms. The maximum absolute atomic E-state index is 10.9. The molecule has 0 aliphatic rings. The van der Waals surface area contributed by atoms with Gasteiger partial charge in [0, 0.05) is 0 Å². The van der Waals surface area contributed by atoms with Crippen LogP contribution in [0.4, 0.5) is 0 Å². The lowest BCUT2D eigenvalue weighted by molar-refractivity contribution is 0.0683. The average Bonchev–Trinajstić information content (AvgIpc) is 2.81. The van der Waals surface area contributed by atoms with Crippen molar-refractivity contribution in [2.75, 3.05) is 0 Å². The standard InChI is InChI=1S/2C13H10O3/c2*14-13(15)11-8-4-5-9-12(11)16-10-6-2-1-3-7-10/h2*1-9H,(H,14,15). The second kappa shape index (κ2) is 11.0. The maximum atomic E-state index is 10.9. The molecule has 4 rings (SSSR count). The Morgan fingerprint density at radius 2 is 0.781 bits per heavy atom. The Morgan fingerprint density at radius 3 is 1.12 bits per heavy atom. The number of rotatable bonds is 6. The molecule has 160 valence electrons. The zero-order valence-corrected chi connectivity index (χ0v) is 16.9. The number of para-hydroxylation sites is 4. The highest BCUT2D eigenvalue weighted by molar-refractivity contribution is 5.91. The molecule has 0 bridgehead atoms. The summed E-state index contributed by atoms with van der Waals surface area (Å²) in [6.07, 6.45) is 0. The lowest BCUT2D eigenvalue weighted by Crippen LogP contribution is -1.99. The number of carboxylic acids is 2. The molecule has 4 aromatic rings. The van der Waals surface area contributed by atoms with Crippen LogP contribution in [0, 0.1) is 0 Å². The highest BCUT2D eigenvalue weighted by atomic mass is 16.5. The normalized spacial score (nSPS) is 9.75. The Hall–Kier alpha value is -4.58. The zero-order valence-electron chi connectivity index (χ0n) is 16.9. The van der Waals surface area contributed by atoms with E-state index in [-0.39, 0.29) is 11.1 Å². The van der Waals surface area contributed by atoms with Crippen molar-refractivity contribution in [2.45, 2.75) is 0 Å². The predicted octanol–water partition coefficient (Wildman–Crippen LogP) is 6.35. The van der Waals surface area contributed by atoms with Crippen molar-refractivity contribution in [3.8, 4) is 23.0 Å². The lowest BCUT2D eigenvalue weighted by Gasteiger charge is -2.07. The Labute approximate surface area is 184 Å². The maximum Gasteiger partial charge on any atom is 0.339 e. The molecule has 0 aliphatic heterocycles. The minimum absolute atomic E-state index is 0.159. The number of aromatic carboxylic acids is 2. The largest absolute Gasteiger partial charge is 0.478 e. The number of carboxylic acid groups (broad SMARTS) is 2. The monoisotopic (exact) mass is 428 g/mol. The van der Waals surface area contributed by atoms with E-state index in [9.17, 15) is 9.59 Å². The molecule has 2 N–H and O–H groups in total. The van der Waals surface area contributed by atoms with Crippen LogP contribution >= 0.6 is 0 Å². The van der Waals surface area contributed by atoms with E-state index >= 15 is 0 Å². The summed E-state index contributed by atoms with van der Waals surface area (Å²) in [5, 5.41) is 17.9.